The molecule has 1 aromatic rings. The van der Waals surface area contributed by atoms with Gasteiger partial charge in [0, 0.05) is 19.1 Å². The highest BCUT2D eigenvalue weighted by molar-refractivity contribution is 7.88. The maximum absolute atomic E-state index is 12.1. The summed E-state index contributed by atoms with van der Waals surface area (Å²) in [6.07, 6.45) is 6.65. The van der Waals surface area contributed by atoms with E-state index in [1.165, 1.54) is 12.7 Å². The van der Waals surface area contributed by atoms with Crippen LogP contribution in [0.4, 0.5) is 0 Å². The van der Waals surface area contributed by atoms with Gasteiger partial charge in [0.2, 0.25) is 15.9 Å². The van der Waals surface area contributed by atoms with Gasteiger partial charge in [0.25, 0.3) is 0 Å². The third-order valence-corrected chi connectivity index (χ3v) is 5.92. The molecule has 6 nitrogen and oxygen atoms in total. The van der Waals surface area contributed by atoms with Gasteiger partial charge in [-0.05, 0) is 30.5 Å². The summed E-state index contributed by atoms with van der Waals surface area (Å²) in [5.41, 5.74) is 0.894. The van der Waals surface area contributed by atoms with Crippen molar-refractivity contribution in [2.45, 2.75) is 44.6 Å². The molecule has 0 atom stereocenters. The lowest BCUT2D eigenvalue weighted by atomic mass is 9.95. The van der Waals surface area contributed by atoms with E-state index in [1.54, 1.807) is 11.4 Å². The van der Waals surface area contributed by atoms with E-state index in [1.807, 2.05) is 24.3 Å². The van der Waals surface area contributed by atoms with Crippen LogP contribution in [0.3, 0.4) is 0 Å². The maximum Gasteiger partial charge on any atom is 0.224 e. The van der Waals surface area contributed by atoms with Crippen molar-refractivity contribution < 1.29 is 17.9 Å². The Hall–Kier alpha value is -1.60. The first kappa shape index (κ1) is 19.7. The van der Waals surface area contributed by atoms with E-state index in [-0.39, 0.29) is 18.4 Å². The molecule has 0 aliphatic heterocycles. The van der Waals surface area contributed by atoms with Crippen molar-refractivity contribution in [3.8, 4) is 5.75 Å². The normalized spacial score (nSPS) is 16.0. The Balaban J connectivity index is 1.82. The Morgan fingerprint density at radius 1 is 1.20 bits per heavy atom. The van der Waals surface area contributed by atoms with Crippen molar-refractivity contribution in [1.29, 1.82) is 0 Å². The van der Waals surface area contributed by atoms with E-state index in [0.29, 0.717) is 13.1 Å². The molecule has 1 fully saturated rings. The average molecular weight is 368 g/mol. The summed E-state index contributed by atoms with van der Waals surface area (Å²) in [4.78, 5) is 12.1. The molecule has 2 rings (SSSR count). The quantitative estimate of drug-likeness (QED) is 0.761. The summed E-state index contributed by atoms with van der Waals surface area (Å²) in [6, 6.07) is 7.41. The van der Waals surface area contributed by atoms with Crippen LogP contribution in [0.5, 0.6) is 5.75 Å². The smallest absolute Gasteiger partial charge is 0.224 e. The lowest BCUT2D eigenvalue weighted by Crippen LogP contribution is -2.45. The maximum atomic E-state index is 12.1. The molecule has 0 saturated heterocycles. The summed E-state index contributed by atoms with van der Waals surface area (Å²) in [5, 5.41) is 2.83. The largest absolute Gasteiger partial charge is 0.497 e. The lowest BCUT2D eigenvalue weighted by Gasteiger charge is -2.32. The van der Waals surface area contributed by atoms with Gasteiger partial charge in [-0.2, -0.15) is 4.31 Å². The van der Waals surface area contributed by atoms with Crippen LogP contribution in [-0.4, -0.2) is 51.1 Å². The minimum atomic E-state index is -3.26. The van der Waals surface area contributed by atoms with Crippen LogP contribution < -0.4 is 10.1 Å². The minimum Gasteiger partial charge on any atom is -0.497 e. The van der Waals surface area contributed by atoms with Crippen LogP contribution in [0.15, 0.2) is 24.3 Å². The molecule has 0 heterocycles. The van der Waals surface area contributed by atoms with Gasteiger partial charge in [0.1, 0.15) is 5.75 Å². The molecule has 0 radical (unpaired) electrons. The Bertz CT molecular complexity index is 652. The SMILES string of the molecule is COc1ccc(CC(=O)NCCN(C2CCCCC2)S(C)(=O)=O)cc1. The van der Waals surface area contributed by atoms with Crippen molar-refractivity contribution >= 4 is 15.9 Å². The van der Waals surface area contributed by atoms with Crippen LogP contribution >= 0.6 is 0 Å². The lowest BCUT2D eigenvalue weighted by molar-refractivity contribution is -0.120. The molecule has 7 heteroatoms. The third kappa shape index (κ3) is 6.32. The number of amides is 1. The van der Waals surface area contributed by atoms with Gasteiger partial charge >= 0.3 is 0 Å². The number of ether oxygens (including phenoxy) is 1. The molecule has 0 spiro atoms. The molecular formula is C18H28N2O4S. The second-order valence-electron chi connectivity index (χ2n) is 6.54. The fourth-order valence-corrected chi connectivity index (χ4v) is 4.46. The Morgan fingerprint density at radius 2 is 1.84 bits per heavy atom. The zero-order valence-corrected chi connectivity index (χ0v) is 15.8. The number of hydrogen-bond acceptors (Lipinski definition) is 4. The Kier molecular flexibility index (Phi) is 7.25. The summed E-state index contributed by atoms with van der Waals surface area (Å²) in [6.45, 7) is 0.663. The van der Waals surface area contributed by atoms with E-state index < -0.39 is 10.0 Å². The van der Waals surface area contributed by atoms with Crippen LogP contribution in [-0.2, 0) is 21.2 Å². The number of benzene rings is 1. The van der Waals surface area contributed by atoms with Gasteiger partial charge in [0.05, 0.1) is 19.8 Å². The van der Waals surface area contributed by atoms with Crippen molar-refractivity contribution in [3.05, 3.63) is 29.8 Å². The number of nitrogens with one attached hydrogen (secondary N) is 1. The van der Waals surface area contributed by atoms with E-state index >= 15 is 0 Å². The van der Waals surface area contributed by atoms with Crippen LogP contribution in [0, 0.1) is 0 Å². The van der Waals surface area contributed by atoms with Crippen molar-refractivity contribution in [2.75, 3.05) is 26.5 Å². The highest BCUT2D eigenvalue weighted by Crippen LogP contribution is 2.24. The number of carbonyl (C=O) groups excluding carboxylic acids is 1. The first-order valence-electron chi connectivity index (χ1n) is 8.76. The number of methoxy groups -OCH3 is 1. The van der Waals surface area contributed by atoms with Crippen LogP contribution in [0.25, 0.3) is 0 Å². The summed E-state index contributed by atoms with van der Waals surface area (Å²) >= 11 is 0. The predicted octanol–water partition coefficient (Wildman–Crippen LogP) is 1.95. The fraction of sp³-hybridized carbons (Fsp3) is 0.611. The third-order valence-electron chi connectivity index (χ3n) is 4.59. The zero-order chi connectivity index (χ0) is 18.3. The topological polar surface area (TPSA) is 75.7 Å². The fourth-order valence-electron chi connectivity index (χ4n) is 3.29. The Morgan fingerprint density at radius 3 is 2.40 bits per heavy atom. The van der Waals surface area contributed by atoms with Crippen molar-refractivity contribution in [1.82, 2.24) is 9.62 Å². The van der Waals surface area contributed by atoms with Gasteiger partial charge < -0.3 is 10.1 Å². The standard InChI is InChI=1S/C18H28N2O4S/c1-24-17-10-8-15(9-11-17)14-18(21)19-12-13-20(25(2,22)23)16-6-4-3-5-7-16/h8-11,16H,3-7,12-14H2,1-2H3,(H,19,21). The molecule has 140 valence electrons. The molecule has 1 aromatic carbocycles. The monoisotopic (exact) mass is 368 g/mol. The number of carbonyl (C=O) groups is 1. The second kappa shape index (κ2) is 9.20. The molecule has 1 amide bonds. The highest BCUT2D eigenvalue weighted by atomic mass is 32.2. The van der Waals surface area contributed by atoms with Gasteiger partial charge in [0.15, 0.2) is 0 Å². The number of nitrogens with zero attached hydrogens (tertiary/aromatic N) is 1. The number of hydrogen-bond donors (Lipinski definition) is 1. The van der Waals surface area contributed by atoms with Crippen LogP contribution in [0.1, 0.15) is 37.7 Å². The molecular weight excluding hydrogens is 340 g/mol. The van der Waals surface area contributed by atoms with E-state index in [2.05, 4.69) is 5.32 Å². The molecule has 0 unspecified atom stereocenters. The number of sulfonamides is 1. The van der Waals surface area contributed by atoms with Gasteiger partial charge in [-0.25, -0.2) is 8.42 Å². The molecule has 1 saturated carbocycles. The van der Waals surface area contributed by atoms with Gasteiger partial charge in [-0.1, -0.05) is 31.4 Å². The second-order valence-corrected chi connectivity index (χ2v) is 8.48. The van der Waals surface area contributed by atoms with Gasteiger partial charge in [-0.15, -0.1) is 0 Å². The number of rotatable bonds is 8. The minimum absolute atomic E-state index is 0.0715. The van der Waals surface area contributed by atoms with Crippen LogP contribution in [0.2, 0.25) is 0 Å². The van der Waals surface area contributed by atoms with E-state index in [9.17, 15) is 13.2 Å². The van der Waals surface area contributed by atoms with Crippen molar-refractivity contribution in [3.63, 3.8) is 0 Å². The first-order chi connectivity index (χ1) is 11.9. The van der Waals surface area contributed by atoms with E-state index in [0.717, 1.165) is 37.0 Å². The summed E-state index contributed by atoms with van der Waals surface area (Å²) in [5.74, 6) is 0.641. The first-order valence-corrected chi connectivity index (χ1v) is 10.6. The van der Waals surface area contributed by atoms with E-state index in [4.69, 9.17) is 4.74 Å². The van der Waals surface area contributed by atoms with Crippen molar-refractivity contribution in [2.24, 2.45) is 0 Å². The molecule has 1 N–H and O–H groups in total. The molecule has 0 bridgehead atoms. The summed E-state index contributed by atoms with van der Waals surface area (Å²) < 4.78 is 30.8. The molecule has 1 aliphatic carbocycles. The zero-order valence-electron chi connectivity index (χ0n) is 15.0. The average Bonchev–Trinajstić information content (AvgIpc) is 2.59. The van der Waals surface area contributed by atoms with Gasteiger partial charge in [-0.3, -0.25) is 4.79 Å². The highest BCUT2D eigenvalue weighted by Gasteiger charge is 2.27. The molecule has 25 heavy (non-hydrogen) atoms. The molecule has 1 aliphatic rings. The summed E-state index contributed by atoms with van der Waals surface area (Å²) in [7, 11) is -1.66. The molecule has 0 aromatic heterocycles. The predicted molar refractivity (Wildman–Crippen MR) is 98.1 cm³/mol. The Labute approximate surface area is 150 Å².